The van der Waals surface area contributed by atoms with E-state index < -0.39 is 19.2 Å². The van der Waals surface area contributed by atoms with Crippen LogP contribution in [0.2, 0.25) is 0 Å². The molecular weight excluding hydrogens is 744 g/mol. The summed E-state index contributed by atoms with van der Waals surface area (Å²) in [6, 6.07) is 29.3. The van der Waals surface area contributed by atoms with Crippen LogP contribution < -0.4 is 9.47 Å². The molecule has 0 atom stereocenters. The summed E-state index contributed by atoms with van der Waals surface area (Å²) in [6.45, 7) is 0.760. The lowest BCUT2D eigenvalue weighted by atomic mass is 10.2. The Hall–Kier alpha value is -5.35. The fourth-order valence-electron chi connectivity index (χ4n) is 3.95. The number of aliphatic hydroxyl groups excluding tert-OH is 1. The summed E-state index contributed by atoms with van der Waals surface area (Å²) in [7, 11) is 0.603. The number of aliphatic hydroxyl groups is 1. The molecule has 4 aromatic carbocycles. The molecule has 0 saturated heterocycles. The number of ether oxygens (including phenoxy) is 2. The van der Waals surface area contributed by atoms with Crippen molar-refractivity contribution in [1.29, 1.82) is 0 Å². The fraction of sp³-hybridized carbons (Fsp3) is 0.211. The number of halogens is 1. The number of carbonyl (C=O) groups excluding carboxylic acids is 2. The van der Waals surface area contributed by atoms with E-state index in [4.69, 9.17) is 42.3 Å². The molecule has 4 rings (SSSR count). The summed E-state index contributed by atoms with van der Waals surface area (Å²) in [6.07, 6.45) is 10.3. The quantitative estimate of drug-likeness (QED) is 0.0834. The van der Waals surface area contributed by atoms with Crippen molar-refractivity contribution in [1.82, 2.24) is 9.80 Å². The Kier molecular flexibility index (Phi) is 18.6. The molecule has 1 N–H and O–H groups in total. The first kappa shape index (κ1) is 43.8. The topological polar surface area (TPSA) is 157 Å². The third kappa shape index (κ3) is 15.8. The Labute approximate surface area is 315 Å². The van der Waals surface area contributed by atoms with Crippen LogP contribution in [0, 0.1) is 24.7 Å². The fourth-order valence-corrected chi connectivity index (χ4v) is 5.61. The van der Waals surface area contributed by atoms with Gasteiger partial charge in [-0.15, -0.1) is 12.8 Å². The summed E-state index contributed by atoms with van der Waals surface area (Å²) in [5, 5.41) is 8.40. The van der Waals surface area contributed by atoms with Crippen LogP contribution in [0.25, 0.3) is 0 Å². The van der Waals surface area contributed by atoms with Gasteiger partial charge in [-0.25, -0.2) is 8.42 Å². The molecule has 4 aromatic rings. The highest BCUT2D eigenvalue weighted by molar-refractivity contribution is 8.13. The van der Waals surface area contributed by atoms with Crippen LogP contribution in [0.5, 0.6) is 11.5 Å². The molecule has 0 unspecified atom stereocenters. The predicted octanol–water partition coefficient (Wildman–Crippen LogP) is 4.55. The number of benzene rings is 4. The average molecular weight is 783 g/mol. The van der Waals surface area contributed by atoms with Gasteiger partial charge in [0.15, 0.2) is 0 Å². The van der Waals surface area contributed by atoms with Crippen molar-refractivity contribution in [3.05, 3.63) is 120 Å². The van der Waals surface area contributed by atoms with Gasteiger partial charge in [-0.1, -0.05) is 48.2 Å². The van der Waals surface area contributed by atoms with E-state index in [1.54, 1.807) is 26.2 Å². The zero-order valence-electron chi connectivity index (χ0n) is 29.0. The first-order valence-corrected chi connectivity index (χ1v) is 19.3. The summed E-state index contributed by atoms with van der Waals surface area (Å²) >= 11 is 0. The van der Waals surface area contributed by atoms with Crippen molar-refractivity contribution in [3.8, 4) is 36.2 Å². The SMILES string of the molecule is C#CCN(C)C(=O)c1ccc(S(=O)(=O)Cl)cc1.C#CCN(C)C(=O)c1ccc(S(=O)(=O)OCCOc2ccccc2)cc1.OCCOc1ccccc1. The molecular formula is C38H39ClN2O10S2. The number of carbonyl (C=O) groups is 2. The molecule has 53 heavy (non-hydrogen) atoms. The van der Waals surface area contributed by atoms with Crippen LogP contribution in [0.4, 0.5) is 0 Å². The molecule has 280 valence electrons. The highest BCUT2D eigenvalue weighted by Crippen LogP contribution is 2.17. The first-order chi connectivity index (χ1) is 25.2. The van der Waals surface area contributed by atoms with Crippen LogP contribution in [-0.2, 0) is 23.4 Å². The molecule has 0 spiro atoms. The molecule has 0 fully saturated rings. The van der Waals surface area contributed by atoms with E-state index in [1.807, 2.05) is 48.5 Å². The number of terminal acetylenes is 2. The molecule has 0 bridgehead atoms. The van der Waals surface area contributed by atoms with E-state index in [1.165, 1.54) is 58.3 Å². The van der Waals surface area contributed by atoms with Crippen LogP contribution in [0.1, 0.15) is 20.7 Å². The third-order valence-corrected chi connectivity index (χ3v) is 9.26. The van der Waals surface area contributed by atoms with Crippen molar-refractivity contribution in [2.75, 3.05) is 53.6 Å². The zero-order valence-corrected chi connectivity index (χ0v) is 31.4. The van der Waals surface area contributed by atoms with Gasteiger partial charge >= 0.3 is 0 Å². The molecule has 2 amide bonds. The maximum Gasteiger partial charge on any atom is 0.297 e. The minimum Gasteiger partial charge on any atom is -0.491 e. The second-order valence-corrected chi connectivity index (χ2v) is 14.7. The Balaban J connectivity index is 0.000000307. The van der Waals surface area contributed by atoms with Crippen LogP contribution in [0.15, 0.2) is 119 Å². The number of amides is 2. The molecule has 0 heterocycles. The molecule has 12 nitrogen and oxygen atoms in total. The highest BCUT2D eigenvalue weighted by atomic mass is 35.7. The Morgan fingerprint density at radius 3 is 1.42 bits per heavy atom. The maximum atomic E-state index is 12.2. The van der Waals surface area contributed by atoms with E-state index >= 15 is 0 Å². The molecule has 0 aliphatic rings. The van der Waals surface area contributed by atoms with E-state index in [-0.39, 0.29) is 54.5 Å². The van der Waals surface area contributed by atoms with Gasteiger partial charge in [-0.3, -0.25) is 13.8 Å². The van der Waals surface area contributed by atoms with Crippen molar-refractivity contribution in [2.45, 2.75) is 9.79 Å². The van der Waals surface area contributed by atoms with Crippen molar-refractivity contribution >= 4 is 41.7 Å². The van der Waals surface area contributed by atoms with Crippen molar-refractivity contribution < 1.29 is 45.2 Å². The van der Waals surface area contributed by atoms with Gasteiger partial charge in [-0.05, 0) is 72.8 Å². The van der Waals surface area contributed by atoms with Crippen molar-refractivity contribution in [3.63, 3.8) is 0 Å². The summed E-state index contributed by atoms with van der Waals surface area (Å²) in [5.74, 6) is 5.58. The lowest BCUT2D eigenvalue weighted by Gasteiger charge is -2.14. The second kappa shape index (κ2) is 22.6. The number of para-hydroxylation sites is 2. The van der Waals surface area contributed by atoms with Crippen LogP contribution >= 0.6 is 10.7 Å². The monoisotopic (exact) mass is 782 g/mol. The van der Waals surface area contributed by atoms with Gasteiger partial charge < -0.3 is 24.4 Å². The Morgan fingerprint density at radius 2 is 1.04 bits per heavy atom. The molecule has 15 heteroatoms. The summed E-state index contributed by atoms with van der Waals surface area (Å²) < 4.78 is 61.7. The average Bonchev–Trinajstić information content (AvgIpc) is 3.16. The van der Waals surface area contributed by atoms with Crippen LogP contribution in [0.3, 0.4) is 0 Å². The third-order valence-electron chi connectivity index (χ3n) is 6.56. The minimum atomic E-state index is -3.92. The molecule has 0 aromatic heterocycles. The predicted molar refractivity (Wildman–Crippen MR) is 202 cm³/mol. The number of hydrogen-bond acceptors (Lipinski definition) is 10. The standard InChI is InChI=1S/C19H19NO5S.C11H10ClNO3S.C8H10O2/c1-3-13-20(2)19(21)16-9-11-18(12-10-16)26(22,23)25-15-14-24-17-7-5-4-6-8-17;1-3-8-13(2)11(14)9-4-6-10(7-5-9)17(12,15)16;9-6-7-10-8-4-2-1-3-5-8/h1,4-12H,13-15H2,2H3;1,4-7H,8H2,2H3;1-5,9H,6-7H2. The largest absolute Gasteiger partial charge is 0.491 e. The molecule has 0 radical (unpaired) electrons. The lowest BCUT2D eigenvalue weighted by molar-refractivity contribution is 0.0805. The van der Waals surface area contributed by atoms with E-state index in [0.29, 0.717) is 23.5 Å². The number of nitrogens with zero attached hydrogens (tertiary/aromatic N) is 2. The smallest absolute Gasteiger partial charge is 0.297 e. The van der Waals surface area contributed by atoms with E-state index in [9.17, 15) is 26.4 Å². The minimum absolute atomic E-state index is 0.0339. The van der Waals surface area contributed by atoms with Gasteiger partial charge in [0, 0.05) is 35.9 Å². The van der Waals surface area contributed by atoms with Gasteiger partial charge in [0.1, 0.15) is 31.3 Å². The molecule has 0 saturated carbocycles. The van der Waals surface area contributed by atoms with Gasteiger partial charge in [-0.2, -0.15) is 8.42 Å². The first-order valence-electron chi connectivity index (χ1n) is 15.6. The summed E-state index contributed by atoms with van der Waals surface area (Å²) in [5.41, 5.74) is 0.695. The second-order valence-electron chi connectivity index (χ2n) is 10.5. The Bertz CT molecular complexity index is 2030. The van der Waals surface area contributed by atoms with E-state index in [2.05, 4.69) is 11.8 Å². The number of hydrogen-bond donors (Lipinski definition) is 1. The Morgan fingerprint density at radius 1 is 0.642 bits per heavy atom. The normalized spacial score (nSPS) is 10.5. The van der Waals surface area contributed by atoms with Gasteiger partial charge in [0.25, 0.3) is 31.0 Å². The zero-order chi connectivity index (χ0) is 39.3. The highest BCUT2D eigenvalue weighted by Gasteiger charge is 2.17. The summed E-state index contributed by atoms with van der Waals surface area (Å²) in [4.78, 5) is 26.5. The molecule has 0 aliphatic heterocycles. The lowest BCUT2D eigenvalue weighted by Crippen LogP contribution is -2.26. The van der Waals surface area contributed by atoms with Crippen molar-refractivity contribution in [2.24, 2.45) is 0 Å². The van der Waals surface area contributed by atoms with E-state index in [0.717, 1.165) is 5.75 Å². The van der Waals surface area contributed by atoms with Gasteiger partial charge in [0.2, 0.25) is 0 Å². The number of rotatable bonds is 14. The van der Waals surface area contributed by atoms with Crippen LogP contribution in [-0.4, -0.2) is 97.2 Å². The molecule has 0 aliphatic carbocycles. The van der Waals surface area contributed by atoms with Gasteiger partial charge in [0.05, 0.1) is 29.5 Å². The maximum absolute atomic E-state index is 12.2.